The maximum Gasteiger partial charge on any atom is 0.204 e. The van der Waals surface area contributed by atoms with Gasteiger partial charge in [0.15, 0.2) is 23.0 Å². The van der Waals surface area contributed by atoms with Crippen LogP contribution >= 0.6 is 0 Å². The molecule has 0 saturated heterocycles. The first-order valence-corrected chi connectivity index (χ1v) is 7.38. The summed E-state index contributed by atoms with van der Waals surface area (Å²) in [6, 6.07) is 10.7. The van der Waals surface area contributed by atoms with E-state index >= 15 is 0 Å². The quantitative estimate of drug-likeness (QED) is 0.801. The van der Waals surface area contributed by atoms with Crippen LogP contribution in [0.25, 0.3) is 0 Å². The first-order valence-electron chi connectivity index (χ1n) is 7.38. The molecule has 0 aliphatic carbocycles. The van der Waals surface area contributed by atoms with E-state index in [0.717, 1.165) is 5.56 Å². The summed E-state index contributed by atoms with van der Waals surface area (Å²) in [5.41, 5.74) is 0.739. The highest BCUT2D eigenvalue weighted by atomic mass is 16.5. The zero-order valence-corrected chi connectivity index (χ0v) is 14.2. The lowest BCUT2D eigenvalue weighted by atomic mass is 10.1. The molecule has 0 spiro atoms. The minimum absolute atomic E-state index is 0.226. The van der Waals surface area contributed by atoms with E-state index < -0.39 is 6.10 Å². The fourth-order valence-electron chi connectivity index (χ4n) is 2.34. The Balaban J connectivity index is 2.37. The van der Waals surface area contributed by atoms with Crippen LogP contribution in [0.3, 0.4) is 0 Å². The van der Waals surface area contributed by atoms with E-state index in [1.807, 2.05) is 6.07 Å². The third-order valence-electron chi connectivity index (χ3n) is 3.59. The molecule has 2 aromatic carbocycles. The van der Waals surface area contributed by atoms with Crippen molar-refractivity contribution in [2.24, 2.45) is 0 Å². The lowest BCUT2D eigenvalue weighted by molar-refractivity contribution is 0.109. The second kappa shape index (κ2) is 8.31. The normalized spacial score (nSPS) is 11.5. The molecule has 2 aromatic rings. The first kappa shape index (κ1) is 17.7. The molecule has 130 valence electrons. The Bertz CT molecular complexity index is 648. The maximum atomic E-state index is 9.78. The van der Waals surface area contributed by atoms with Gasteiger partial charge in [-0.15, -0.1) is 0 Å². The Morgan fingerprint density at radius 2 is 1.38 bits per heavy atom. The molecule has 0 amide bonds. The standard InChI is InChI=1S/C18H22O6/c1-20-13-9-8-12(10-16(13)23-4)17(11-19)24-18-14(21-2)6-5-7-15(18)22-3/h5-10,17,19H,11H2,1-4H3. The molecule has 0 aliphatic rings. The summed E-state index contributed by atoms with van der Waals surface area (Å²) in [4.78, 5) is 0. The molecule has 1 unspecified atom stereocenters. The number of ether oxygens (including phenoxy) is 5. The summed E-state index contributed by atoms with van der Waals surface area (Å²) >= 11 is 0. The average molecular weight is 334 g/mol. The lowest BCUT2D eigenvalue weighted by Gasteiger charge is -2.21. The Morgan fingerprint density at radius 1 is 0.792 bits per heavy atom. The number of aliphatic hydroxyl groups excluding tert-OH is 1. The van der Waals surface area contributed by atoms with Gasteiger partial charge in [0.25, 0.3) is 0 Å². The van der Waals surface area contributed by atoms with E-state index in [9.17, 15) is 5.11 Å². The molecule has 6 nitrogen and oxygen atoms in total. The fourth-order valence-corrected chi connectivity index (χ4v) is 2.34. The molecule has 1 atom stereocenters. The maximum absolute atomic E-state index is 9.78. The van der Waals surface area contributed by atoms with Gasteiger partial charge in [-0.1, -0.05) is 12.1 Å². The van der Waals surface area contributed by atoms with Crippen LogP contribution in [0.5, 0.6) is 28.7 Å². The number of hydrogen-bond donors (Lipinski definition) is 1. The predicted octanol–water partition coefficient (Wildman–Crippen LogP) is 2.83. The van der Waals surface area contributed by atoms with Crippen molar-refractivity contribution in [3.05, 3.63) is 42.0 Å². The Labute approximate surface area is 141 Å². The van der Waals surface area contributed by atoms with Gasteiger partial charge in [0.1, 0.15) is 6.10 Å². The van der Waals surface area contributed by atoms with Gasteiger partial charge in [0.05, 0.1) is 35.0 Å². The zero-order chi connectivity index (χ0) is 17.5. The third-order valence-corrected chi connectivity index (χ3v) is 3.59. The molecule has 0 aliphatic heterocycles. The topological polar surface area (TPSA) is 66.4 Å². The molecular weight excluding hydrogens is 312 g/mol. The fraction of sp³-hybridized carbons (Fsp3) is 0.333. The number of methoxy groups -OCH3 is 4. The van der Waals surface area contributed by atoms with E-state index in [0.29, 0.717) is 28.7 Å². The molecule has 0 radical (unpaired) electrons. The SMILES string of the molecule is COc1ccc(C(CO)Oc2c(OC)cccc2OC)cc1OC. The second-order valence-corrected chi connectivity index (χ2v) is 4.90. The monoisotopic (exact) mass is 334 g/mol. The summed E-state index contributed by atoms with van der Waals surface area (Å²) < 4.78 is 27.1. The van der Waals surface area contributed by atoms with Gasteiger partial charge in [0.2, 0.25) is 5.75 Å². The molecule has 24 heavy (non-hydrogen) atoms. The minimum atomic E-state index is -0.616. The lowest BCUT2D eigenvalue weighted by Crippen LogP contribution is -2.13. The van der Waals surface area contributed by atoms with Crippen molar-refractivity contribution >= 4 is 0 Å². The van der Waals surface area contributed by atoms with E-state index in [2.05, 4.69) is 0 Å². The van der Waals surface area contributed by atoms with Crippen molar-refractivity contribution in [2.45, 2.75) is 6.10 Å². The zero-order valence-electron chi connectivity index (χ0n) is 14.2. The Morgan fingerprint density at radius 3 is 1.88 bits per heavy atom. The number of hydrogen-bond acceptors (Lipinski definition) is 6. The molecule has 2 rings (SSSR count). The predicted molar refractivity (Wildman–Crippen MR) is 89.5 cm³/mol. The van der Waals surface area contributed by atoms with E-state index in [4.69, 9.17) is 23.7 Å². The highest BCUT2D eigenvalue weighted by molar-refractivity contribution is 5.52. The van der Waals surface area contributed by atoms with Crippen LogP contribution in [0.1, 0.15) is 11.7 Å². The smallest absolute Gasteiger partial charge is 0.204 e. The molecule has 1 N–H and O–H groups in total. The number of rotatable bonds is 8. The molecular formula is C18H22O6. The first-order chi connectivity index (χ1) is 11.7. The number of para-hydroxylation sites is 1. The van der Waals surface area contributed by atoms with Crippen molar-refractivity contribution < 1.29 is 28.8 Å². The molecule has 0 saturated carbocycles. The van der Waals surface area contributed by atoms with Crippen LogP contribution in [-0.4, -0.2) is 40.2 Å². The summed E-state index contributed by atoms with van der Waals surface area (Å²) in [7, 11) is 6.22. The molecule has 6 heteroatoms. The average Bonchev–Trinajstić information content (AvgIpc) is 2.65. The second-order valence-electron chi connectivity index (χ2n) is 4.90. The van der Waals surface area contributed by atoms with Gasteiger partial charge in [-0.2, -0.15) is 0 Å². The van der Waals surface area contributed by atoms with Gasteiger partial charge in [0, 0.05) is 0 Å². The van der Waals surface area contributed by atoms with Gasteiger partial charge in [-0.25, -0.2) is 0 Å². The van der Waals surface area contributed by atoms with E-state index in [-0.39, 0.29) is 6.61 Å². The Hall–Kier alpha value is -2.60. The summed E-state index contributed by atoms with van der Waals surface area (Å²) in [5, 5.41) is 9.78. The van der Waals surface area contributed by atoms with Crippen LogP contribution in [0.4, 0.5) is 0 Å². The van der Waals surface area contributed by atoms with Crippen LogP contribution in [0.15, 0.2) is 36.4 Å². The van der Waals surface area contributed by atoms with Crippen LogP contribution in [0, 0.1) is 0 Å². The summed E-state index contributed by atoms with van der Waals surface area (Å²) in [6.45, 7) is -0.226. The highest BCUT2D eigenvalue weighted by Crippen LogP contribution is 2.40. The highest BCUT2D eigenvalue weighted by Gasteiger charge is 2.20. The van der Waals surface area contributed by atoms with Gasteiger partial charge in [-0.3, -0.25) is 0 Å². The van der Waals surface area contributed by atoms with Gasteiger partial charge >= 0.3 is 0 Å². The van der Waals surface area contributed by atoms with Gasteiger partial charge < -0.3 is 28.8 Å². The van der Waals surface area contributed by atoms with E-state index in [1.165, 1.54) is 0 Å². The van der Waals surface area contributed by atoms with Crippen molar-refractivity contribution in [1.82, 2.24) is 0 Å². The minimum Gasteiger partial charge on any atom is -0.493 e. The summed E-state index contributed by atoms with van der Waals surface area (Å²) in [5.74, 6) is 2.63. The van der Waals surface area contributed by atoms with Crippen molar-refractivity contribution in [2.75, 3.05) is 35.0 Å². The molecule has 0 aromatic heterocycles. The molecule has 0 fully saturated rings. The van der Waals surface area contributed by atoms with E-state index in [1.54, 1.807) is 58.8 Å². The number of aliphatic hydroxyl groups is 1. The Kier molecular flexibility index (Phi) is 6.14. The van der Waals surface area contributed by atoms with Crippen molar-refractivity contribution in [3.63, 3.8) is 0 Å². The van der Waals surface area contributed by atoms with Crippen LogP contribution in [-0.2, 0) is 0 Å². The molecule has 0 heterocycles. The van der Waals surface area contributed by atoms with Crippen LogP contribution < -0.4 is 23.7 Å². The third kappa shape index (κ3) is 3.65. The largest absolute Gasteiger partial charge is 0.493 e. The molecule has 0 bridgehead atoms. The summed E-state index contributed by atoms with van der Waals surface area (Å²) in [6.07, 6.45) is -0.616. The van der Waals surface area contributed by atoms with Crippen molar-refractivity contribution in [1.29, 1.82) is 0 Å². The van der Waals surface area contributed by atoms with Crippen LogP contribution in [0.2, 0.25) is 0 Å². The van der Waals surface area contributed by atoms with Gasteiger partial charge in [-0.05, 0) is 29.8 Å². The number of benzene rings is 2. The van der Waals surface area contributed by atoms with Crippen molar-refractivity contribution in [3.8, 4) is 28.7 Å².